The number of fused-ring (bicyclic) bond motifs is 1. The van der Waals surface area contributed by atoms with E-state index in [4.69, 9.17) is 0 Å². The molecule has 1 aliphatic rings. The number of hydrogen-bond donors (Lipinski definition) is 0. The Balaban J connectivity index is 2.36. The van der Waals surface area contributed by atoms with Crippen LogP contribution in [0.25, 0.3) is 0 Å². The minimum atomic E-state index is -1.15. The first kappa shape index (κ1) is 12.5. The Morgan fingerprint density at radius 1 is 1.18 bits per heavy atom. The first-order valence-corrected chi connectivity index (χ1v) is 7.17. The van der Waals surface area contributed by atoms with Crippen molar-refractivity contribution >= 4 is 16.7 Å². The van der Waals surface area contributed by atoms with Gasteiger partial charge in [0.2, 0.25) is 0 Å². The molecule has 0 fully saturated rings. The summed E-state index contributed by atoms with van der Waals surface area (Å²) < 4.78 is 16.2. The van der Waals surface area contributed by atoms with Crippen molar-refractivity contribution in [1.82, 2.24) is 0 Å². The van der Waals surface area contributed by atoms with Crippen molar-refractivity contribution in [2.45, 2.75) is 44.8 Å². The van der Waals surface area contributed by atoms with E-state index < -0.39 is 11.0 Å². The Bertz CT molecular complexity index is 471. The molecule has 1 atom stereocenters. The number of aryl methyl sites for hydroxylation is 1. The molecule has 0 amide bonds. The van der Waals surface area contributed by atoms with Crippen LogP contribution in [-0.4, -0.2) is 14.7 Å². The maximum absolute atomic E-state index is 12.1. The maximum atomic E-state index is 12.1. The SMILES string of the molecule is CC(C)(C)[S@@](=O)N=C1CCCc2ccccc21. The van der Waals surface area contributed by atoms with Crippen LogP contribution < -0.4 is 0 Å². The largest absolute Gasteiger partial charge is 0.234 e. The molecule has 0 bridgehead atoms. The molecule has 0 spiro atoms. The van der Waals surface area contributed by atoms with Crippen molar-refractivity contribution in [2.24, 2.45) is 4.40 Å². The molecule has 2 nitrogen and oxygen atoms in total. The third-order valence-corrected chi connectivity index (χ3v) is 4.34. The molecule has 0 radical (unpaired) electrons. The minimum absolute atomic E-state index is 0.278. The van der Waals surface area contributed by atoms with Gasteiger partial charge >= 0.3 is 0 Å². The second-order valence-electron chi connectivity index (χ2n) is 5.41. The quantitative estimate of drug-likeness (QED) is 0.751. The zero-order valence-corrected chi connectivity index (χ0v) is 11.5. The van der Waals surface area contributed by atoms with Crippen LogP contribution in [0.5, 0.6) is 0 Å². The molecule has 2 rings (SSSR count). The third-order valence-electron chi connectivity index (χ3n) is 2.90. The lowest BCUT2D eigenvalue weighted by atomic mass is 9.90. The molecule has 0 aliphatic heterocycles. The van der Waals surface area contributed by atoms with E-state index in [1.165, 1.54) is 11.1 Å². The number of benzene rings is 1. The van der Waals surface area contributed by atoms with Gasteiger partial charge in [-0.2, -0.15) is 4.40 Å². The first-order chi connectivity index (χ1) is 7.98. The monoisotopic (exact) mass is 249 g/mol. The van der Waals surface area contributed by atoms with Crippen LogP contribution >= 0.6 is 0 Å². The van der Waals surface area contributed by atoms with Crippen LogP contribution in [0.3, 0.4) is 0 Å². The van der Waals surface area contributed by atoms with Crippen LogP contribution in [-0.2, 0) is 17.4 Å². The highest BCUT2D eigenvalue weighted by Crippen LogP contribution is 2.23. The van der Waals surface area contributed by atoms with Crippen molar-refractivity contribution in [3.8, 4) is 0 Å². The molecule has 1 aliphatic carbocycles. The van der Waals surface area contributed by atoms with Crippen molar-refractivity contribution in [3.63, 3.8) is 0 Å². The molecule has 1 aromatic carbocycles. The fourth-order valence-corrected chi connectivity index (χ4v) is 2.60. The maximum Gasteiger partial charge on any atom is 0.145 e. The predicted molar refractivity (Wildman–Crippen MR) is 73.8 cm³/mol. The molecule has 0 saturated heterocycles. The van der Waals surface area contributed by atoms with Gasteiger partial charge in [0.15, 0.2) is 0 Å². The van der Waals surface area contributed by atoms with E-state index in [9.17, 15) is 4.21 Å². The number of rotatable bonds is 1. The van der Waals surface area contributed by atoms with Crippen LogP contribution in [0.2, 0.25) is 0 Å². The summed E-state index contributed by atoms with van der Waals surface area (Å²) in [5.41, 5.74) is 3.54. The van der Waals surface area contributed by atoms with E-state index in [1.807, 2.05) is 26.8 Å². The third kappa shape index (κ3) is 2.83. The lowest BCUT2D eigenvalue weighted by Crippen LogP contribution is -2.22. The Morgan fingerprint density at radius 3 is 2.59 bits per heavy atom. The average Bonchev–Trinajstić information content (AvgIpc) is 2.28. The molecule has 1 aromatic rings. The van der Waals surface area contributed by atoms with Gasteiger partial charge in [-0.3, -0.25) is 0 Å². The van der Waals surface area contributed by atoms with Crippen molar-refractivity contribution in [2.75, 3.05) is 0 Å². The van der Waals surface area contributed by atoms with Gasteiger partial charge in [-0.25, -0.2) is 4.21 Å². The molecule has 0 heterocycles. The summed E-state index contributed by atoms with van der Waals surface area (Å²) in [6.07, 6.45) is 3.16. The molecule has 0 aromatic heterocycles. The van der Waals surface area contributed by atoms with E-state index in [0.717, 1.165) is 25.0 Å². The summed E-state index contributed by atoms with van der Waals surface area (Å²) >= 11 is 0. The fraction of sp³-hybridized carbons (Fsp3) is 0.500. The lowest BCUT2D eigenvalue weighted by Gasteiger charge is -2.20. The zero-order valence-electron chi connectivity index (χ0n) is 10.7. The van der Waals surface area contributed by atoms with Crippen LogP contribution in [0.15, 0.2) is 28.7 Å². The molecular weight excluding hydrogens is 230 g/mol. The van der Waals surface area contributed by atoms with Gasteiger partial charge in [0, 0.05) is 0 Å². The highest BCUT2D eigenvalue weighted by molar-refractivity contribution is 7.85. The Kier molecular flexibility index (Phi) is 3.48. The van der Waals surface area contributed by atoms with Crippen LogP contribution in [0.1, 0.15) is 44.7 Å². The minimum Gasteiger partial charge on any atom is -0.234 e. The van der Waals surface area contributed by atoms with Crippen molar-refractivity contribution in [3.05, 3.63) is 35.4 Å². The van der Waals surface area contributed by atoms with Gasteiger partial charge in [-0.1, -0.05) is 24.3 Å². The predicted octanol–water partition coefficient (Wildman–Crippen LogP) is 3.27. The molecular formula is C14H19NOS. The van der Waals surface area contributed by atoms with E-state index >= 15 is 0 Å². The Labute approximate surface area is 106 Å². The smallest absolute Gasteiger partial charge is 0.145 e. The average molecular weight is 249 g/mol. The molecule has 92 valence electrons. The molecule has 0 N–H and O–H groups in total. The van der Waals surface area contributed by atoms with Crippen molar-refractivity contribution < 1.29 is 4.21 Å². The Morgan fingerprint density at radius 2 is 1.88 bits per heavy atom. The van der Waals surface area contributed by atoms with Gasteiger partial charge in [0.05, 0.1) is 10.5 Å². The van der Waals surface area contributed by atoms with Gasteiger partial charge in [-0.15, -0.1) is 0 Å². The normalized spacial score (nSPS) is 20.1. The summed E-state index contributed by atoms with van der Waals surface area (Å²) in [5.74, 6) is 0. The molecule has 3 heteroatoms. The summed E-state index contributed by atoms with van der Waals surface area (Å²) in [5, 5.41) is 0. The second kappa shape index (κ2) is 4.73. The lowest BCUT2D eigenvalue weighted by molar-refractivity contribution is 0.650. The van der Waals surface area contributed by atoms with Gasteiger partial charge in [0.1, 0.15) is 11.0 Å². The molecule has 0 saturated carbocycles. The summed E-state index contributed by atoms with van der Waals surface area (Å²) in [7, 11) is -1.15. The highest BCUT2D eigenvalue weighted by atomic mass is 32.2. The van der Waals surface area contributed by atoms with Gasteiger partial charge in [0.25, 0.3) is 0 Å². The number of nitrogens with zero attached hydrogens (tertiary/aromatic N) is 1. The van der Waals surface area contributed by atoms with Crippen LogP contribution in [0, 0.1) is 0 Å². The molecule has 0 unspecified atom stereocenters. The summed E-state index contributed by atoms with van der Waals surface area (Å²) in [6.45, 7) is 5.88. The van der Waals surface area contributed by atoms with Crippen molar-refractivity contribution in [1.29, 1.82) is 0 Å². The van der Waals surface area contributed by atoms with Gasteiger partial charge in [-0.05, 0) is 51.2 Å². The number of hydrogen-bond acceptors (Lipinski definition) is 1. The van der Waals surface area contributed by atoms with Crippen LogP contribution in [0.4, 0.5) is 0 Å². The van der Waals surface area contributed by atoms with E-state index in [1.54, 1.807) is 0 Å². The second-order valence-corrected chi connectivity index (χ2v) is 7.32. The standard InChI is InChI=1S/C14H19NOS/c1-14(2,3)17(16)15-13-10-6-8-11-7-4-5-9-12(11)13/h4-5,7,9H,6,8,10H2,1-3H3/t17-/m1/s1. The zero-order chi connectivity index (χ0) is 12.5. The molecule has 17 heavy (non-hydrogen) atoms. The van der Waals surface area contributed by atoms with Gasteiger partial charge < -0.3 is 0 Å². The summed E-state index contributed by atoms with van der Waals surface area (Å²) in [6, 6.07) is 8.32. The topological polar surface area (TPSA) is 29.4 Å². The Hall–Kier alpha value is -0.960. The van der Waals surface area contributed by atoms with E-state index in [0.29, 0.717) is 0 Å². The highest BCUT2D eigenvalue weighted by Gasteiger charge is 2.22. The first-order valence-electron chi connectivity index (χ1n) is 6.06. The van der Waals surface area contributed by atoms with E-state index in [-0.39, 0.29) is 4.75 Å². The summed E-state index contributed by atoms with van der Waals surface area (Å²) in [4.78, 5) is 0. The van der Waals surface area contributed by atoms with E-state index in [2.05, 4.69) is 22.6 Å². The fourth-order valence-electron chi connectivity index (χ4n) is 1.93.